The molecule has 84 valence electrons. The van der Waals surface area contributed by atoms with Gasteiger partial charge in [-0.1, -0.05) is 30.3 Å². The first-order chi connectivity index (χ1) is 7.86. The number of hydrogen-bond donors (Lipinski definition) is 0. The molecular weight excluding hydrogens is 202 g/mol. The lowest BCUT2D eigenvalue weighted by Crippen LogP contribution is -2.44. The van der Waals surface area contributed by atoms with Crippen molar-refractivity contribution >= 4 is 5.91 Å². The van der Waals surface area contributed by atoms with Crippen molar-refractivity contribution < 1.29 is 9.53 Å². The fourth-order valence-electron chi connectivity index (χ4n) is 2.75. The molecular formula is C13H15NO2. The van der Waals surface area contributed by atoms with Crippen LogP contribution in [0.25, 0.3) is 0 Å². The van der Waals surface area contributed by atoms with Gasteiger partial charge in [0.15, 0.2) is 0 Å². The molecule has 0 aliphatic carbocycles. The zero-order chi connectivity index (χ0) is 11.0. The Morgan fingerprint density at radius 1 is 1.25 bits per heavy atom. The molecule has 3 nitrogen and oxygen atoms in total. The maximum absolute atomic E-state index is 11.9. The number of carbonyl (C=O) groups is 1. The minimum Gasteiger partial charge on any atom is -0.377 e. The second kappa shape index (κ2) is 3.91. The first kappa shape index (κ1) is 9.85. The van der Waals surface area contributed by atoms with Gasteiger partial charge in [-0.2, -0.15) is 0 Å². The highest BCUT2D eigenvalue weighted by Gasteiger charge is 2.41. The van der Waals surface area contributed by atoms with E-state index >= 15 is 0 Å². The molecule has 2 aliphatic heterocycles. The van der Waals surface area contributed by atoms with Gasteiger partial charge >= 0.3 is 0 Å². The lowest BCUT2D eigenvalue weighted by Gasteiger charge is -2.32. The van der Waals surface area contributed by atoms with E-state index in [1.54, 1.807) is 0 Å². The van der Waals surface area contributed by atoms with Crippen LogP contribution in [0.4, 0.5) is 0 Å². The van der Waals surface area contributed by atoms with Crippen LogP contribution in [0.5, 0.6) is 0 Å². The zero-order valence-corrected chi connectivity index (χ0v) is 9.13. The highest BCUT2D eigenvalue weighted by Crippen LogP contribution is 2.35. The summed E-state index contributed by atoms with van der Waals surface area (Å²) in [7, 11) is 0. The van der Waals surface area contributed by atoms with Gasteiger partial charge in [0.25, 0.3) is 0 Å². The Bertz CT molecular complexity index is 390. The number of carbonyl (C=O) groups excluding carboxylic acids is 1. The number of nitrogens with zero attached hydrogens (tertiary/aromatic N) is 1. The molecule has 0 bridgehead atoms. The summed E-state index contributed by atoms with van der Waals surface area (Å²) in [6, 6.07) is 10.5. The molecule has 0 aromatic heterocycles. The van der Waals surface area contributed by atoms with Gasteiger partial charge in [0, 0.05) is 18.9 Å². The van der Waals surface area contributed by atoms with Gasteiger partial charge in [-0.15, -0.1) is 0 Å². The number of hydrogen-bond acceptors (Lipinski definition) is 2. The molecule has 1 amide bonds. The normalized spacial score (nSPS) is 29.2. The van der Waals surface area contributed by atoms with Crippen molar-refractivity contribution in [3.05, 3.63) is 35.9 Å². The van der Waals surface area contributed by atoms with Crippen LogP contribution in [-0.2, 0) is 9.53 Å². The van der Waals surface area contributed by atoms with Crippen LogP contribution in [0.2, 0.25) is 0 Å². The SMILES string of the molecule is O=C1CC(c2ccccc2)C2COCCN12. The summed E-state index contributed by atoms with van der Waals surface area (Å²) in [5.41, 5.74) is 1.26. The van der Waals surface area contributed by atoms with Gasteiger partial charge in [0.2, 0.25) is 5.91 Å². The Labute approximate surface area is 95.0 Å². The smallest absolute Gasteiger partial charge is 0.223 e. The maximum atomic E-state index is 11.9. The van der Waals surface area contributed by atoms with E-state index in [1.807, 2.05) is 23.1 Å². The monoisotopic (exact) mass is 217 g/mol. The molecule has 16 heavy (non-hydrogen) atoms. The maximum Gasteiger partial charge on any atom is 0.223 e. The third-order valence-corrected chi connectivity index (χ3v) is 3.57. The Morgan fingerprint density at radius 2 is 2.06 bits per heavy atom. The lowest BCUT2D eigenvalue weighted by atomic mass is 9.92. The van der Waals surface area contributed by atoms with Crippen molar-refractivity contribution in [2.75, 3.05) is 19.8 Å². The molecule has 2 saturated heterocycles. The molecule has 2 aliphatic rings. The number of benzene rings is 1. The van der Waals surface area contributed by atoms with Crippen molar-refractivity contribution in [1.29, 1.82) is 0 Å². The molecule has 0 radical (unpaired) electrons. The van der Waals surface area contributed by atoms with E-state index in [0.29, 0.717) is 25.6 Å². The fourth-order valence-corrected chi connectivity index (χ4v) is 2.75. The van der Waals surface area contributed by atoms with Crippen LogP contribution < -0.4 is 0 Å². The topological polar surface area (TPSA) is 29.5 Å². The van der Waals surface area contributed by atoms with Crippen LogP contribution in [-0.4, -0.2) is 36.6 Å². The van der Waals surface area contributed by atoms with E-state index in [0.717, 1.165) is 6.54 Å². The van der Waals surface area contributed by atoms with Gasteiger partial charge in [0.05, 0.1) is 19.3 Å². The Hall–Kier alpha value is -1.35. The van der Waals surface area contributed by atoms with Gasteiger partial charge < -0.3 is 9.64 Å². The fraction of sp³-hybridized carbons (Fsp3) is 0.462. The van der Waals surface area contributed by atoms with Gasteiger partial charge in [-0.3, -0.25) is 4.79 Å². The molecule has 2 fully saturated rings. The molecule has 0 saturated carbocycles. The summed E-state index contributed by atoms with van der Waals surface area (Å²) >= 11 is 0. The second-order valence-corrected chi connectivity index (χ2v) is 4.45. The molecule has 0 spiro atoms. The van der Waals surface area contributed by atoms with Gasteiger partial charge in [0.1, 0.15) is 0 Å². The summed E-state index contributed by atoms with van der Waals surface area (Å²) in [6.45, 7) is 2.13. The summed E-state index contributed by atoms with van der Waals surface area (Å²) in [5, 5.41) is 0. The van der Waals surface area contributed by atoms with Crippen molar-refractivity contribution in [2.24, 2.45) is 0 Å². The first-order valence-electron chi connectivity index (χ1n) is 5.78. The molecule has 1 aromatic carbocycles. The number of rotatable bonds is 1. The van der Waals surface area contributed by atoms with Crippen molar-refractivity contribution in [3.8, 4) is 0 Å². The van der Waals surface area contributed by atoms with Gasteiger partial charge in [-0.25, -0.2) is 0 Å². The van der Waals surface area contributed by atoms with E-state index in [9.17, 15) is 4.79 Å². The third kappa shape index (κ3) is 1.52. The van der Waals surface area contributed by atoms with Crippen molar-refractivity contribution in [1.82, 2.24) is 4.90 Å². The van der Waals surface area contributed by atoms with E-state index in [4.69, 9.17) is 4.74 Å². The van der Waals surface area contributed by atoms with E-state index < -0.39 is 0 Å². The van der Waals surface area contributed by atoms with Crippen LogP contribution >= 0.6 is 0 Å². The standard InChI is InChI=1S/C13H15NO2/c15-13-8-11(10-4-2-1-3-5-10)12-9-16-7-6-14(12)13/h1-5,11-12H,6-9H2. The minimum absolute atomic E-state index is 0.253. The molecule has 1 aromatic rings. The third-order valence-electron chi connectivity index (χ3n) is 3.57. The number of ether oxygens (including phenoxy) is 1. The van der Waals surface area contributed by atoms with Crippen molar-refractivity contribution in [2.45, 2.75) is 18.4 Å². The highest BCUT2D eigenvalue weighted by molar-refractivity contribution is 5.80. The number of fused-ring (bicyclic) bond motifs is 1. The average molecular weight is 217 g/mol. The highest BCUT2D eigenvalue weighted by atomic mass is 16.5. The Morgan fingerprint density at radius 3 is 2.88 bits per heavy atom. The number of amides is 1. The predicted molar refractivity (Wildman–Crippen MR) is 60.1 cm³/mol. The Kier molecular flexibility index (Phi) is 2.40. The van der Waals surface area contributed by atoms with Crippen LogP contribution in [0.1, 0.15) is 17.9 Å². The summed E-state index contributed by atoms with van der Waals surface area (Å²) in [6.07, 6.45) is 0.637. The first-order valence-corrected chi connectivity index (χ1v) is 5.78. The van der Waals surface area contributed by atoms with E-state index in [1.165, 1.54) is 5.56 Å². The minimum atomic E-state index is 0.253. The molecule has 3 rings (SSSR count). The molecule has 2 unspecified atom stereocenters. The molecule has 0 N–H and O–H groups in total. The number of morpholine rings is 1. The predicted octanol–water partition coefficient (Wildman–Crippen LogP) is 1.40. The quantitative estimate of drug-likeness (QED) is 0.711. The largest absolute Gasteiger partial charge is 0.377 e. The summed E-state index contributed by atoms with van der Waals surface area (Å²) in [5.74, 6) is 0.594. The molecule has 3 heteroatoms. The zero-order valence-electron chi connectivity index (χ0n) is 9.13. The second-order valence-electron chi connectivity index (χ2n) is 4.45. The lowest BCUT2D eigenvalue weighted by molar-refractivity contribution is -0.133. The van der Waals surface area contributed by atoms with Gasteiger partial charge in [-0.05, 0) is 5.56 Å². The summed E-state index contributed by atoms with van der Waals surface area (Å²) < 4.78 is 5.49. The Balaban J connectivity index is 1.89. The molecule has 2 atom stereocenters. The van der Waals surface area contributed by atoms with Crippen molar-refractivity contribution in [3.63, 3.8) is 0 Å². The molecule has 2 heterocycles. The van der Waals surface area contributed by atoms with Crippen LogP contribution in [0.15, 0.2) is 30.3 Å². The average Bonchev–Trinajstić information content (AvgIpc) is 2.69. The summed E-state index contributed by atoms with van der Waals surface area (Å²) in [4.78, 5) is 13.8. The van der Waals surface area contributed by atoms with Crippen LogP contribution in [0, 0.1) is 0 Å². The van der Waals surface area contributed by atoms with E-state index in [-0.39, 0.29) is 11.9 Å². The van der Waals surface area contributed by atoms with E-state index in [2.05, 4.69) is 12.1 Å². The van der Waals surface area contributed by atoms with Crippen LogP contribution in [0.3, 0.4) is 0 Å².